The van der Waals surface area contributed by atoms with E-state index in [2.05, 4.69) is 9.82 Å². The van der Waals surface area contributed by atoms with E-state index in [1.54, 1.807) is 18.7 Å². The molecule has 39 heavy (non-hydrogen) atoms. The number of sulfonamides is 1. The van der Waals surface area contributed by atoms with Gasteiger partial charge in [0, 0.05) is 36.8 Å². The number of carbonyl (C=O) groups is 1. The number of likely N-dealkylation sites (tertiary alicyclic amines) is 1. The molecule has 2 aromatic carbocycles. The Labute approximate surface area is 228 Å². The molecule has 12 heteroatoms. The smallest absolute Gasteiger partial charge is 0.274 e. The van der Waals surface area contributed by atoms with Crippen molar-refractivity contribution in [3.8, 4) is 17.3 Å². The van der Waals surface area contributed by atoms with Crippen molar-refractivity contribution in [2.45, 2.75) is 64.8 Å². The van der Waals surface area contributed by atoms with Gasteiger partial charge in [-0.15, -0.1) is 0 Å². The number of carbonyl (C=O) groups excluding carboxylic acids is 1. The van der Waals surface area contributed by atoms with Crippen LogP contribution in [0.3, 0.4) is 0 Å². The highest BCUT2D eigenvalue weighted by atomic mass is 32.2. The van der Waals surface area contributed by atoms with Crippen LogP contribution in [-0.2, 0) is 10.0 Å². The van der Waals surface area contributed by atoms with Gasteiger partial charge in [0.1, 0.15) is 10.6 Å². The van der Waals surface area contributed by atoms with Crippen LogP contribution < -0.4 is 9.46 Å². The highest BCUT2D eigenvalue weighted by molar-refractivity contribution is 7.89. The quantitative estimate of drug-likeness (QED) is 0.295. The molecule has 1 fully saturated rings. The van der Waals surface area contributed by atoms with E-state index >= 15 is 0 Å². The first-order chi connectivity index (χ1) is 18.4. The number of non-ortho nitro benzene ring substituents is 1. The van der Waals surface area contributed by atoms with Gasteiger partial charge < -0.3 is 9.64 Å². The largest absolute Gasteiger partial charge is 0.437 e. The number of ether oxygens (including phenoxy) is 1. The van der Waals surface area contributed by atoms with Crippen molar-refractivity contribution in [3.05, 3.63) is 68.9 Å². The van der Waals surface area contributed by atoms with Crippen LogP contribution >= 0.6 is 0 Å². The predicted molar refractivity (Wildman–Crippen MR) is 146 cm³/mol. The molecule has 0 radical (unpaired) electrons. The minimum atomic E-state index is -4.19. The van der Waals surface area contributed by atoms with Gasteiger partial charge in [-0.1, -0.05) is 19.1 Å². The van der Waals surface area contributed by atoms with Gasteiger partial charge in [-0.2, -0.15) is 9.78 Å². The van der Waals surface area contributed by atoms with Gasteiger partial charge in [0.25, 0.3) is 11.6 Å². The van der Waals surface area contributed by atoms with Crippen molar-refractivity contribution < 1.29 is 22.9 Å². The molecule has 1 aliphatic rings. The topological polar surface area (TPSA) is 137 Å². The molecule has 1 aromatic heterocycles. The van der Waals surface area contributed by atoms with E-state index in [9.17, 15) is 23.3 Å². The normalized spacial score (nSPS) is 14.4. The van der Waals surface area contributed by atoms with E-state index in [-0.39, 0.29) is 28.1 Å². The van der Waals surface area contributed by atoms with Crippen LogP contribution in [-0.4, -0.2) is 53.1 Å². The van der Waals surface area contributed by atoms with Crippen molar-refractivity contribution in [3.63, 3.8) is 0 Å². The van der Waals surface area contributed by atoms with E-state index in [0.717, 1.165) is 30.0 Å². The van der Waals surface area contributed by atoms with Crippen molar-refractivity contribution in [1.29, 1.82) is 0 Å². The first-order valence-corrected chi connectivity index (χ1v) is 14.4. The maximum Gasteiger partial charge on any atom is 0.274 e. The van der Waals surface area contributed by atoms with Crippen LogP contribution in [0.2, 0.25) is 0 Å². The predicted octanol–water partition coefficient (Wildman–Crippen LogP) is 4.81. The fraction of sp³-hybridized carbons (Fsp3) is 0.407. The van der Waals surface area contributed by atoms with Crippen LogP contribution in [0.1, 0.15) is 60.3 Å². The maximum absolute atomic E-state index is 13.4. The molecule has 0 saturated carbocycles. The summed E-state index contributed by atoms with van der Waals surface area (Å²) in [5, 5.41) is 16.1. The summed E-state index contributed by atoms with van der Waals surface area (Å²) in [6.07, 6.45) is 2.35. The summed E-state index contributed by atoms with van der Waals surface area (Å²) in [4.78, 5) is 25.6. The number of aryl methyl sites for hydroxylation is 2. The molecule has 2 heterocycles. The second-order valence-corrected chi connectivity index (χ2v) is 11.6. The number of hydrogen-bond acceptors (Lipinski definition) is 7. The monoisotopic (exact) mass is 555 g/mol. The van der Waals surface area contributed by atoms with Crippen LogP contribution in [0.4, 0.5) is 5.69 Å². The Morgan fingerprint density at radius 3 is 2.49 bits per heavy atom. The Morgan fingerprint density at radius 2 is 1.85 bits per heavy atom. The average molecular weight is 556 g/mol. The van der Waals surface area contributed by atoms with Crippen molar-refractivity contribution >= 4 is 21.6 Å². The van der Waals surface area contributed by atoms with E-state index in [0.29, 0.717) is 30.8 Å². The molecule has 208 valence electrons. The third kappa shape index (κ3) is 5.81. The summed E-state index contributed by atoms with van der Waals surface area (Å²) in [5.74, 6) is -0.194. The molecule has 0 spiro atoms. The van der Waals surface area contributed by atoms with Gasteiger partial charge in [-0.05, 0) is 70.2 Å². The van der Waals surface area contributed by atoms with Crippen LogP contribution in [0.5, 0.6) is 11.6 Å². The minimum absolute atomic E-state index is 0.119. The second kappa shape index (κ2) is 11.1. The van der Waals surface area contributed by atoms with Gasteiger partial charge in [-0.25, -0.2) is 13.1 Å². The zero-order valence-corrected chi connectivity index (χ0v) is 23.5. The molecule has 1 unspecified atom stereocenters. The van der Waals surface area contributed by atoms with Gasteiger partial charge in [-0.3, -0.25) is 14.9 Å². The molecule has 1 saturated heterocycles. The van der Waals surface area contributed by atoms with Gasteiger partial charge in [0.05, 0.1) is 10.6 Å². The summed E-state index contributed by atoms with van der Waals surface area (Å²) in [7, 11) is -4.19. The van der Waals surface area contributed by atoms with E-state index in [1.807, 2.05) is 39.0 Å². The molecular weight excluding hydrogens is 522 g/mol. The third-order valence-electron chi connectivity index (χ3n) is 6.86. The minimum Gasteiger partial charge on any atom is -0.437 e. The molecule has 11 nitrogen and oxygen atoms in total. The number of aromatic nitrogens is 2. The van der Waals surface area contributed by atoms with Gasteiger partial charge >= 0.3 is 0 Å². The number of benzene rings is 2. The van der Waals surface area contributed by atoms with Crippen LogP contribution in [0.15, 0.2) is 41.3 Å². The Hall–Kier alpha value is -3.77. The molecule has 1 aliphatic heterocycles. The molecule has 0 bridgehead atoms. The summed E-state index contributed by atoms with van der Waals surface area (Å²) in [5.41, 5.74) is 2.73. The molecule has 4 rings (SSSR count). The lowest BCUT2D eigenvalue weighted by atomic mass is 10.1. The molecule has 1 atom stereocenters. The maximum atomic E-state index is 13.4. The molecule has 3 aromatic rings. The molecule has 1 amide bonds. The van der Waals surface area contributed by atoms with E-state index in [4.69, 9.17) is 4.74 Å². The highest BCUT2D eigenvalue weighted by Gasteiger charge is 2.31. The van der Waals surface area contributed by atoms with Crippen LogP contribution in [0.25, 0.3) is 5.69 Å². The number of hydrogen-bond donors (Lipinski definition) is 1. The van der Waals surface area contributed by atoms with Gasteiger partial charge in [0.15, 0.2) is 5.69 Å². The lowest BCUT2D eigenvalue weighted by Crippen LogP contribution is -2.32. The first kappa shape index (κ1) is 28.2. The summed E-state index contributed by atoms with van der Waals surface area (Å²) >= 11 is 0. The van der Waals surface area contributed by atoms with Crippen molar-refractivity contribution in [2.75, 3.05) is 13.1 Å². The third-order valence-corrected chi connectivity index (χ3v) is 8.47. The lowest BCUT2D eigenvalue weighted by molar-refractivity contribution is -0.385. The SMILES string of the molecule is CCC(C)NS(=O)(=O)c1cc([N+](=O)[O-])ccc1Oc1c(C)c(C(=O)N2CCCC2)nn1-c1cc(C)ccc1C. The Balaban J connectivity index is 1.90. The van der Waals surface area contributed by atoms with E-state index in [1.165, 1.54) is 16.8 Å². The fourth-order valence-corrected chi connectivity index (χ4v) is 5.88. The molecule has 1 N–H and O–H groups in total. The Kier molecular flexibility index (Phi) is 8.07. The Morgan fingerprint density at radius 1 is 1.15 bits per heavy atom. The van der Waals surface area contributed by atoms with Crippen molar-refractivity contribution in [2.24, 2.45) is 0 Å². The highest BCUT2D eigenvalue weighted by Crippen LogP contribution is 2.37. The number of nitro groups is 1. The zero-order chi connectivity index (χ0) is 28.5. The summed E-state index contributed by atoms with van der Waals surface area (Å²) in [6, 6.07) is 8.78. The number of nitro benzene ring substituents is 1. The molecule has 0 aliphatic carbocycles. The number of amides is 1. The van der Waals surface area contributed by atoms with Crippen molar-refractivity contribution in [1.82, 2.24) is 19.4 Å². The molecular formula is C27H33N5O6S. The van der Waals surface area contributed by atoms with Gasteiger partial charge in [0.2, 0.25) is 15.9 Å². The standard InChI is InChI=1S/C27H33N5O6S/c1-6-19(4)29-39(36,37)24-16-21(32(34)35)11-12-23(24)38-27-20(5)25(26(33)30-13-7-8-14-30)28-31(27)22-15-17(2)9-10-18(22)3/h9-12,15-16,19,29H,6-8,13-14H2,1-5H3. The number of nitrogens with zero attached hydrogens (tertiary/aromatic N) is 4. The zero-order valence-electron chi connectivity index (χ0n) is 22.7. The van der Waals surface area contributed by atoms with Crippen LogP contribution in [0, 0.1) is 30.9 Å². The lowest BCUT2D eigenvalue weighted by Gasteiger charge is -2.17. The fourth-order valence-electron chi connectivity index (χ4n) is 4.40. The summed E-state index contributed by atoms with van der Waals surface area (Å²) < 4.78 is 36.9. The Bertz CT molecular complexity index is 1530. The first-order valence-electron chi connectivity index (χ1n) is 12.9. The van der Waals surface area contributed by atoms with E-state index < -0.39 is 26.7 Å². The second-order valence-electron chi connectivity index (χ2n) is 9.90. The number of rotatable bonds is 9. The summed E-state index contributed by atoms with van der Waals surface area (Å²) in [6.45, 7) is 10.3. The average Bonchev–Trinajstić information content (AvgIpc) is 3.54. The number of nitrogens with one attached hydrogen (secondary N) is 1.